The largest absolute Gasteiger partial charge is 0.491 e. The van der Waals surface area contributed by atoms with Gasteiger partial charge in [0.2, 0.25) is 0 Å². The van der Waals surface area contributed by atoms with E-state index in [-0.39, 0.29) is 6.61 Å². The summed E-state index contributed by atoms with van der Waals surface area (Å²) in [5, 5.41) is 8.57. The lowest BCUT2D eigenvalue weighted by molar-refractivity contribution is -0.0242. The summed E-state index contributed by atoms with van der Waals surface area (Å²) in [4.78, 5) is 0. The van der Waals surface area contributed by atoms with Gasteiger partial charge in [0.25, 0.3) is 0 Å². The fraction of sp³-hybridized carbons (Fsp3) is 0.786. The number of aryl methyl sites for hydroxylation is 1. The molecule has 10 heteroatoms. The highest BCUT2D eigenvalue weighted by atomic mass is 16.6. The smallest absolute Gasteiger partial charge is 0.123 e. The highest BCUT2D eigenvalue weighted by molar-refractivity contribution is 5.39. The summed E-state index contributed by atoms with van der Waals surface area (Å²) in [5.41, 5.74) is 2.41. The Balaban J connectivity index is 1.74. The molecule has 222 valence electrons. The van der Waals surface area contributed by atoms with Crippen molar-refractivity contribution in [1.82, 2.24) is 0 Å². The molecule has 38 heavy (non-hydrogen) atoms. The van der Waals surface area contributed by atoms with Crippen molar-refractivity contribution in [2.75, 3.05) is 119 Å². The lowest BCUT2D eigenvalue weighted by atomic mass is 10.0. The molecule has 0 bridgehead atoms. The van der Waals surface area contributed by atoms with Crippen LogP contribution >= 0.6 is 0 Å². The molecule has 0 aliphatic carbocycles. The summed E-state index contributed by atoms with van der Waals surface area (Å²) in [6.45, 7) is 15.0. The van der Waals surface area contributed by atoms with Crippen molar-refractivity contribution in [2.24, 2.45) is 0 Å². The number of hydrogen-bond donors (Lipinski definition) is 1. The van der Waals surface area contributed by atoms with Crippen LogP contribution in [0.5, 0.6) is 5.75 Å². The highest BCUT2D eigenvalue weighted by Gasteiger charge is 2.08. The Kier molecular flexibility index (Phi) is 23.7. The van der Waals surface area contributed by atoms with E-state index in [1.165, 1.54) is 11.1 Å². The van der Waals surface area contributed by atoms with Crippen LogP contribution < -0.4 is 4.74 Å². The van der Waals surface area contributed by atoms with Gasteiger partial charge in [0.05, 0.1) is 112 Å². The van der Waals surface area contributed by atoms with Crippen LogP contribution in [0.1, 0.15) is 30.9 Å². The van der Waals surface area contributed by atoms with Gasteiger partial charge in [-0.25, -0.2) is 0 Å². The molecule has 0 saturated carbocycles. The molecule has 1 aromatic rings. The van der Waals surface area contributed by atoms with Crippen molar-refractivity contribution in [3.05, 3.63) is 29.3 Å². The van der Waals surface area contributed by atoms with Gasteiger partial charge in [-0.05, 0) is 30.0 Å². The van der Waals surface area contributed by atoms with Gasteiger partial charge in [-0.2, -0.15) is 0 Å². The molecule has 0 unspecified atom stereocenters. The molecule has 1 aromatic carbocycles. The number of ether oxygens (including phenoxy) is 9. The maximum Gasteiger partial charge on any atom is 0.123 e. The van der Waals surface area contributed by atoms with Crippen LogP contribution in [0.3, 0.4) is 0 Å². The van der Waals surface area contributed by atoms with Crippen molar-refractivity contribution in [2.45, 2.75) is 26.7 Å². The van der Waals surface area contributed by atoms with E-state index in [4.69, 9.17) is 47.7 Å². The molecule has 1 N–H and O–H groups in total. The zero-order chi connectivity index (χ0) is 27.5. The van der Waals surface area contributed by atoms with E-state index in [2.05, 4.69) is 39.0 Å². The number of aliphatic hydroxyl groups is 1. The highest BCUT2D eigenvalue weighted by Crippen LogP contribution is 2.27. The molecule has 0 spiro atoms. The molecule has 0 fully saturated rings. The molecular weight excluding hydrogens is 496 g/mol. The third-order valence-corrected chi connectivity index (χ3v) is 5.12. The van der Waals surface area contributed by atoms with E-state index in [9.17, 15) is 0 Å². The summed E-state index contributed by atoms with van der Waals surface area (Å²) in [5.74, 6) is 1.36. The van der Waals surface area contributed by atoms with Crippen LogP contribution in [0.4, 0.5) is 0 Å². The SMILES string of the molecule is Cc1ccc(C(C)C)c(OCCOCCOCCOCCOCCOCCOCCOCCOCCO)c1. The summed E-state index contributed by atoms with van der Waals surface area (Å²) < 4.78 is 49.2. The first-order valence-electron chi connectivity index (χ1n) is 13.6. The fourth-order valence-electron chi connectivity index (χ4n) is 3.16. The normalized spacial score (nSPS) is 11.5. The van der Waals surface area contributed by atoms with Crippen LogP contribution in [0.2, 0.25) is 0 Å². The molecule has 0 radical (unpaired) electrons. The first-order chi connectivity index (χ1) is 18.6. The van der Waals surface area contributed by atoms with Crippen LogP contribution in [0.25, 0.3) is 0 Å². The Morgan fingerprint density at radius 3 is 1.21 bits per heavy atom. The van der Waals surface area contributed by atoms with E-state index in [1.807, 2.05) is 0 Å². The average molecular weight is 547 g/mol. The maximum absolute atomic E-state index is 8.57. The monoisotopic (exact) mass is 546 g/mol. The van der Waals surface area contributed by atoms with Crippen molar-refractivity contribution < 1.29 is 47.7 Å². The van der Waals surface area contributed by atoms with Gasteiger partial charge in [-0.15, -0.1) is 0 Å². The first kappa shape index (κ1) is 34.7. The molecule has 0 aromatic heterocycles. The maximum atomic E-state index is 8.57. The van der Waals surface area contributed by atoms with Gasteiger partial charge in [0.1, 0.15) is 12.4 Å². The van der Waals surface area contributed by atoms with Crippen molar-refractivity contribution >= 4 is 0 Å². The standard InChI is InChI=1S/C28H50O10/c1-25(2)27-5-4-26(3)24-28(27)38-23-22-37-21-20-36-19-18-35-17-16-34-15-14-33-13-12-32-11-10-31-9-8-30-7-6-29/h4-5,24-25,29H,6-23H2,1-3H3. The minimum Gasteiger partial charge on any atom is -0.491 e. The van der Waals surface area contributed by atoms with Gasteiger partial charge < -0.3 is 47.7 Å². The van der Waals surface area contributed by atoms with E-state index in [0.717, 1.165) is 5.75 Å². The van der Waals surface area contributed by atoms with Gasteiger partial charge in [-0.1, -0.05) is 26.0 Å². The van der Waals surface area contributed by atoms with Crippen LogP contribution in [0.15, 0.2) is 18.2 Å². The van der Waals surface area contributed by atoms with E-state index in [0.29, 0.717) is 118 Å². The number of hydrogen-bond acceptors (Lipinski definition) is 10. The van der Waals surface area contributed by atoms with E-state index >= 15 is 0 Å². The molecule has 0 saturated heterocycles. The van der Waals surface area contributed by atoms with E-state index < -0.39 is 0 Å². The topological polar surface area (TPSA) is 103 Å². The molecule has 1 rings (SSSR count). The van der Waals surface area contributed by atoms with Gasteiger partial charge in [0, 0.05) is 0 Å². The number of aliphatic hydroxyl groups excluding tert-OH is 1. The lowest BCUT2D eigenvalue weighted by Gasteiger charge is -2.15. The Bertz CT molecular complexity index is 644. The molecule has 0 aliphatic rings. The van der Waals surface area contributed by atoms with Gasteiger partial charge in [0.15, 0.2) is 0 Å². The molecule has 0 atom stereocenters. The second kappa shape index (κ2) is 25.9. The summed E-state index contributed by atoms with van der Waals surface area (Å²) in [6.07, 6.45) is 0. The van der Waals surface area contributed by atoms with Crippen molar-refractivity contribution in [3.8, 4) is 5.75 Å². The number of rotatable bonds is 28. The predicted octanol–water partition coefficient (Wildman–Crippen LogP) is 2.62. The van der Waals surface area contributed by atoms with Crippen molar-refractivity contribution in [3.63, 3.8) is 0 Å². The Morgan fingerprint density at radius 2 is 0.868 bits per heavy atom. The average Bonchev–Trinajstić information content (AvgIpc) is 2.90. The zero-order valence-electron chi connectivity index (χ0n) is 23.7. The quantitative estimate of drug-likeness (QED) is 0.158. The molecular formula is C28H50O10. The second-order valence-electron chi connectivity index (χ2n) is 8.67. The first-order valence-corrected chi connectivity index (χ1v) is 13.6. The molecule has 0 heterocycles. The van der Waals surface area contributed by atoms with Crippen LogP contribution in [-0.4, -0.2) is 124 Å². The summed E-state index contributed by atoms with van der Waals surface area (Å²) >= 11 is 0. The predicted molar refractivity (Wildman–Crippen MR) is 144 cm³/mol. The second-order valence-corrected chi connectivity index (χ2v) is 8.67. The number of benzene rings is 1. The molecule has 0 amide bonds. The fourth-order valence-corrected chi connectivity index (χ4v) is 3.16. The van der Waals surface area contributed by atoms with Gasteiger partial charge >= 0.3 is 0 Å². The van der Waals surface area contributed by atoms with Crippen LogP contribution in [0, 0.1) is 6.92 Å². The Hall–Kier alpha value is -1.34. The molecule has 10 nitrogen and oxygen atoms in total. The zero-order valence-corrected chi connectivity index (χ0v) is 23.7. The van der Waals surface area contributed by atoms with Crippen molar-refractivity contribution in [1.29, 1.82) is 0 Å². The lowest BCUT2D eigenvalue weighted by Crippen LogP contribution is -2.15. The van der Waals surface area contributed by atoms with Gasteiger partial charge in [-0.3, -0.25) is 0 Å². The minimum absolute atomic E-state index is 0.0292. The minimum atomic E-state index is 0.0292. The van der Waals surface area contributed by atoms with Crippen LogP contribution in [-0.2, 0) is 37.9 Å². The summed E-state index contributed by atoms with van der Waals surface area (Å²) in [7, 11) is 0. The Labute approximate surface area is 228 Å². The molecule has 0 aliphatic heterocycles. The summed E-state index contributed by atoms with van der Waals surface area (Å²) in [6, 6.07) is 6.33. The third-order valence-electron chi connectivity index (χ3n) is 5.12. The third kappa shape index (κ3) is 20.6. The van der Waals surface area contributed by atoms with E-state index in [1.54, 1.807) is 0 Å². The Morgan fingerprint density at radius 1 is 0.526 bits per heavy atom.